The van der Waals surface area contributed by atoms with Gasteiger partial charge in [0.05, 0.1) is 30.4 Å². The Labute approximate surface area is 192 Å². The molecule has 2 aromatic heterocycles. The summed E-state index contributed by atoms with van der Waals surface area (Å²) in [6.07, 6.45) is -1.93. The number of benzene rings is 2. The van der Waals surface area contributed by atoms with Crippen molar-refractivity contribution in [3.8, 4) is 22.9 Å². The van der Waals surface area contributed by atoms with E-state index in [-0.39, 0.29) is 22.3 Å². The van der Waals surface area contributed by atoms with Gasteiger partial charge in [-0.2, -0.15) is 13.2 Å². The number of methoxy groups -OCH3 is 2. The summed E-state index contributed by atoms with van der Waals surface area (Å²) >= 11 is 0. The number of hydrogen-bond acceptors (Lipinski definition) is 7. The number of halogens is 3. The number of anilines is 1. The molecule has 0 aliphatic heterocycles. The Kier molecular flexibility index (Phi) is 6.00. The van der Waals surface area contributed by atoms with Gasteiger partial charge in [0.15, 0.2) is 0 Å². The largest absolute Gasteiger partial charge is 0.496 e. The molecule has 0 fully saturated rings. The van der Waals surface area contributed by atoms with Crippen molar-refractivity contribution in [2.45, 2.75) is 11.1 Å². The van der Waals surface area contributed by atoms with Crippen molar-refractivity contribution < 1.29 is 31.1 Å². The number of fused-ring (bicyclic) bond motifs is 1. The molecule has 0 amide bonds. The Balaban J connectivity index is 1.75. The number of alkyl halides is 3. The molecule has 1 N–H and O–H groups in total. The average molecular weight is 490 g/mol. The van der Waals surface area contributed by atoms with Crippen molar-refractivity contribution in [1.82, 2.24) is 15.0 Å². The molecule has 8 nitrogen and oxygen atoms in total. The number of nitrogens with zero attached hydrogens (tertiary/aromatic N) is 3. The molecule has 0 bridgehead atoms. The average Bonchev–Trinajstić information content (AvgIpc) is 2.82. The van der Waals surface area contributed by atoms with E-state index in [1.807, 2.05) is 0 Å². The SMILES string of the molecule is COc1cc(NS(=O)(=O)c2ccc3c(-c4ccc(C(F)(F)F)cc4OC)nccc3c2)ncn1. The maximum Gasteiger partial charge on any atom is 0.416 e. The van der Waals surface area contributed by atoms with Gasteiger partial charge in [-0.1, -0.05) is 6.07 Å². The van der Waals surface area contributed by atoms with E-state index < -0.39 is 21.8 Å². The van der Waals surface area contributed by atoms with Crippen LogP contribution in [0, 0.1) is 0 Å². The Morgan fingerprint density at radius 3 is 2.41 bits per heavy atom. The Bertz CT molecular complexity index is 1480. The van der Waals surface area contributed by atoms with E-state index >= 15 is 0 Å². The van der Waals surface area contributed by atoms with Crippen molar-refractivity contribution in [3.63, 3.8) is 0 Å². The minimum absolute atomic E-state index is 0.00843. The van der Waals surface area contributed by atoms with E-state index in [9.17, 15) is 21.6 Å². The molecule has 0 radical (unpaired) electrons. The molecule has 0 aliphatic rings. The smallest absolute Gasteiger partial charge is 0.416 e. The summed E-state index contributed by atoms with van der Waals surface area (Å²) in [7, 11) is -1.35. The molecule has 0 aliphatic carbocycles. The van der Waals surface area contributed by atoms with Gasteiger partial charge in [0.25, 0.3) is 10.0 Å². The van der Waals surface area contributed by atoms with E-state index in [4.69, 9.17) is 9.47 Å². The van der Waals surface area contributed by atoms with Gasteiger partial charge in [-0.25, -0.2) is 18.4 Å². The molecule has 176 valence electrons. The summed E-state index contributed by atoms with van der Waals surface area (Å²) in [6, 6.07) is 10.4. The summed E-state index contributed by atoms with van der Waals surface area (Å²) in [4.78, 5) is 11.9. The third-order valence-electron chi connectivity index (χ3n) is 4.92. The van der Waals surface area contributed by atoms with Crippen molar-refractivity contribution >= 4 is 26.6 Å². The molecule has 0 saturated heterocycles. The fourth-order valence-corrected chi connectivity index (χ4v) is 4.34. The second-order valence-corrected chi connectivity index (χ2v) is 8.69. The summed E-state index contributed by atoms with van der Waals surface area (Å²) in [5.74, 6) is 0.204. The molecule has 4 rings (SSSR count). The molecule has 34 heavy (non-hydrogen) atoms. The Hall–Kier alpha value is -3.93. The van der Waals surface area contributed by atoms with E-state index in [1.165, 1.54) is 50.7 Å². The quantitative estimate of drug-likeness (QED) is 0.424. The van der Waals surface area contributed by atoms with Crippen LogP contribution in [0.4, 0.5) is 19.0 Å². The zero-order valence-corrected chi connectivity index (χ0v) is 18.6. The molecule has 0 spiro atoms. The molecule has 2 aromatic carbocycles. The van der Waals surface area contributed by atoms with E-state index in [1.54, 1.807) is 6.07 Å². The van der Waals surface area contributed by atoms with Crippen molar-refractivity contribution in [2.75, 3.05) is 18.9 Å². The fourth-order valence-electron chi connectivity index (χ4n) is 3.30. The van der Waals surface area contributed by atoms with Gasteiger partial charge in [-0.05, 0) is 41.8 Å². The van der Waals surface area contributed by atoms with Crippen molar-refractivity contribution in [2.24, 2.45) is 0 Å². The molecule has 0 unspecified atom stereocenters. The number of sulfonamides is 1. The van der Waals surface area contributed by atoms with Crippen molar-refractivity contribution in [3.05, 3.63) is 66.6 Å². The van der Waals surface area contributed by atoms with Gasteiger partial charge in [-0.15, -0.1) is 0 Å². The highest BCUT2D eigenvalue weighted by Crippen LogP contribution is 2.38. The van der Waals surface area contributed by atoms with E-state index in [0.29, 0.717) is 22.0 Å². The Morgan fingerprint density at radius 1 is 0.912 bits per heavy atom. The first-order valence-corrected chi connectivity index (χ1v) is 11.1. The highest BCUT2D eigenvalue weighted by molar-refractivity contribution is 7.92. The van der Waals surface area contributed by atoms with Crippen LogP contribution in [0.1, 0.15) is 5.56 Å². The van der Waals surface area contributed by atoms with Crippen LogP contribution in [0.3, 0.4) is 0 Å². The highest BCUT2D eigenvalue weighted by atomic mass is 32.2. The normalized spacial score (nSPS) is 11.9. The third-order valence-corrected chi connectivity index (χ3v) is 6.27. The van der Waals surface area contributed by atoms with Crippen LogP contribution in [-0.4, -0.2) is 37.6 Å². The van der Waals surface area contributed by atoms with Crippen LogP contribution < -0.4 is 14.2 Å². The predicted molar refractivity (Wildman–Crippen MR) is 118 cm³/mol. The minimum Gasteiger partial charge on any atom is -0.496 e. The van der Waals surface area contributed by atoms with Gasteiger partial charge in [0.2, 0.25) is 5.88 Å². The lowest BCUT2D eigenvalue weighted by molar-refractivity contribution is -0.137. The number of ether oxygens (including phenoxy) is 2. The van der Waals surface area contributed by atoms with Crippen LogP contribution in [0.2, 0.25) is 0 Å². The first kappa shape index (κ1) is 23.2. The molecular weight excluding hydrogens is 473 g/mol. The summed E-state index contributed by atoms with van der Waals surface area (Å²) in [5, 5.41) is 1.04. The first-order valence-electron chi connectivity index (χ1n) is 9.65. The highest BCUT2D eigenvalue weighted by Gasteiger charge is 2.31. The molecular formula is C22H17F3N4O4S. The number of aromatic nitrogens is 3. The zero-order valence-electron chi connectivity index (χ0n) is 17.8. The van der Waals surface area contributed by atoms with Crippen LogP contribution in [0.5, 0.6) is 11.6 Å². The maximum atomic E-state index is 13.1. The standard InChI is InChI=1S/C22H17F3N4O4S/c1-32-18-10-14(22(23,24)25)3-5-17(18)21-16-6-4-15(9-13(16)7-8-26-21)34(30,31)29-19-11-20(33-2)28-12-27-19/h3-12H,1-2H3,(H,27,28,29). The van der Waals surface area contributed by atoms with Crippen LogP contribution in [0.15, 0.2) is 66.0 Å². The van der Waals surface area contributed by atoms with Crippen LogP contribution in [-0.2, 0) is 16.2 Å². The predicted octanol–water partition coefficient (Wildman–Crippen LogP) is 4.53. The molecule has 0 saturated carbocycles. The molecule has 2 heterocycles. The van der Waals surface area contributed by atoms with Gasteiger partial charge < -0.3 is 9.47 Å². The fraction of sp³-hybridized carbons (Fsp3) is 0.136. The second-order valence-electron chi connectivity index (χ2n) is 7.01. The Morgan fingerprint density at radius 2 is 1.71 bits per heavy atom. The maximum absolute atomic E-state index is 13.1. The zero-order chi connectivity index (χ0) is 24.5. The second kappa shape index (κ2) is 8.78. The van der Waals surface area contributed by atoms with Gasteiger partial charge in [0.1, 0.15) is 17.9 Å². The molecule has 0 atom stereocenters. The van der Waals surface area contributed by atoms with E-state index in [0.717, 1.165) is 18.5 Å². The van der Waals surface area contributed by atoms with Crippen LogP contribution in [0.25, 0.3) is 22.0 Å². The summed E-state index contributed by atoms with van der Waals surface area (Å²) < 4.78 is 77.6. The first-order chi connectivity index (χ1) is 16.1. The van der Waals surface area contributed by atoms with Gasteiger partial charge in [-0.3, -0.25) is 9.71 Å². The minimum atomic E-state index is -4.53. The van der Waals surface area contributed by atoms with E-state index in [2.05, 4.69) is 19.7 Å². The number of hydrogen-bond donors (Lipinski definition) is 1. The summed E-state index contributed by atoms with van der Waals surface area (Å²) in [5.41, 5.74) is -0.169. The van der Waals surface area contributed by atoms with Gasteiger partial charge in [0, 0.05) is 23.2 Å². The number of pyridine rings is 1. The van der Waals surface area contributed by atoms with Gasteiger partial charge >= 0.3 is 6.18 Å². The lowest BCUT2D eigenvalue weighted by Crippen LogP contribution is -2.14. The summed E-state index contributed by atoms with van der Waals surface area (Å²) in [6.45, 7) is 0. The number of rotatable bonds is 6. The number of nitrogens with one attached hydrogen (secondary N) is 1. The third kappa shape index (κ3) is 4.57. The lowest BCUT2D eigenvalue weighted by atomic mass is 10.0. The molecule has 12 heteroatoms. The molecule has 4 aromatic rings. The van der Waals surface area contributed by atoms with Crippen molar-refractivity contribution in [1.29, 1.82) is 0 Å². The topological polar surface area (TPSA) is 103 Å². The van der Waals surface area contributed by atoms with Crippen LogP contribution >= 0.6 is 0 Å². The lowest BCUT2D eigenvalue weighted by Gasteiger charge is -2.14. The monoisotopic (exact) mass is 490 g/mol.